The fraction of sp³-hybridized carbons (Fsp3) is 0.143. The molecule has 0 saturated heterocycles. The van der Waals surface area contributed by atoms with Crippen molar-refractivity contribution in [3.05, 3.63) is 76.2 Å². The maximum Gasteiger partial charge on any atom is 0.304 e. The lowest BCUT2D eigenvalue weighted by molar-refractivity contribution is -0.137. The van der Waals surface area contributed by atoms with Crippen LogP contribution in [0.3, 0.4) is 0 Å². The van der Waals surface area contributed by atoms with Gasteiger partial charge in [0, 0.05) is 23.9 Å². The third-order valence-electron chi connectivity index (χ3n) is 4.10. The van der Waals surface area contributed by atoms with E-state index < -0.39 is 17.8 Å². The van der Waals surface area contributed by atoms with E-state index in [1.807, 2.05) is 24.3 Å². The van der Waals surface area contributed by atoms with Crippen molar-refractivity contribution in [3.8, 4) is 22.8 Å². The van der Waals surface area contributed by atoms with E-state index in [1.165, 1.54) is 6.20 Å². The Hall–Kier alpha value is -2.38. The molecule has 158 valence electrons. The molecule has 0 saturated carbocycles. The molecule has 0 radical (unpaired) electrons. The Morgan fingerprint density at radius 1 is 1.20 bits per heavy atom. The van der Waals surface area contributed by atoms with E-state index in [4.69, 9.17) is 38.8 Å². The number of carbonyl (C=O) groups is 1. The highest BCUT2D eigenvalue weighted by Gasteiger charge is 2.12. The van der Waals surface area contributed by atoms with Crippen LogP contribution in [0.15, 0.2) is 54.7 Å². The number of hydrogen-bond donors (Lipinski definition) is 2. The van der Waals surface area contributed by atoms with Gasteiger partial charge in [-0.25, -0.2) is 9.37 Å². The van der Waals surface area contributed by atoms with Gasteiger partial charge < -0.3 is 15.6 Å². The fourth-order valence-corrected chi connectivity index (χ4v) is 3.27. The Kier molecular flexibility index (Phi) is 8.43. The number of hydrogen-bond acceptors (Lipinski definition) is 4. The normalized spacial score (nSPS) is 11.5. The fourth-order valence-electron chi connectivity index (χ4n) is 2.85. The van der Waals surface area contributed by atoms with Crippen LogP contribution in [-0.4, -0.2) is 22.1 Å². The molecule has 1 unspecified atom stereocenters. The third-order valence-corrected chi connectivity index (χ3v) is 4.62. The molecule has 0 amide bonds. The Morgan fingerprint density at radius 3 is 2.63 bits per heavy atom. The number of ether oxygens (including phenoxy) is 1. The van der Waals surface area contributed by atoms with Gasteiger partial charge in [-0.05, 0) is 35.7 Å². The Morgan fingerprint density at radius 2 is 1.97 bits per heavy atom. The second kappa shape index (κ2) is 10.6. The number of halogens is 4. The summed E-state index contributed by atoms with van der Waals surface area (Å²) in [6, 6.07) is 13.1. The first-order chi connectivity index (χ1) is 13.8. The molecule has 30 heavy (non-hydrogen) atoms. The largest absolute Gasteiger partial charge is 0.481 e. The van der Waals surface area contributed by atoms with Gasteiger partial charge in [-0.3, -0.25) is 4.79 Å². The van der Waals surface area contributed by atoms with Crippen LogP contribution < -0.4 is 10.5 Å². The molecule has 0 aliphatic rings. The molecular formula is C21H18Cl3FN2O3. The van der Waals surface area contributed by atoms with Crippen molar-refractivity contribution in [1.82, 2.24) is 4.98 Å². The number of nitrogens with two attached hydrogens (primary N) is 1. The average molecular weight is 472 g/mol. The van der Waals surface area contributed by atoms with E-state index in [0.717, 1.165) is 22.8 Å². The van der Waals surface area contributed by atoms with E-state index in [-0.39, 0.29) is 29.7 Å². The molecule has 2 aromatic carbocycles. The lowest BCUT2D eigenvalue weighted by Crippen LogP contribution is -2.26. The van der Waals surface area contributed by atoms with Crippen LogP contribution in [0, 0.1) is 5.82 Å². The molecule has 1 atom stereocenters. The minimum atomic E-state index is -0.932. The molecule has 0 aliphatic carbocycles. The van der Waals surface area contributed by atoms with Crippen LogP contribution in [0.25, 0.3) is 11.1 Å². The lowest BCUT2D eigenvalue weighted by Gasteiger charge is -2.12. The van der Waals surface area contributed by atoms with Crippen LogP contribution >= 0.6 is 35.6 Å². The molecule has 5 nitrogen and oxygen atoms in total. The van der Waals surface area contributed by atoms with Gasteiger partial charge in [-0.15, -0.1) is 12.4 Å². The number of carboxylic acid groups (broad SMARTS) is 1. The van der Waals surface area contributed by atoms with Gasteiger partial charge >= 0.3 is 5.97 Å². The van der Waals surface area contributed by atoms with Gasteiger partial charge in [-0.1, -0.05) is 47.5 Å². The summed E-state index contributed by atoms with van der Waals surface area (Å²) in [5.74, 6) is -1.48. The summed E-state index contributed by atoms with van der Waals surface area (Å²) in [6.45, 7) is 0. The van der Waals surface area contributed by atoms with E-state index in [0.29, 0.717) is 17.2 Å². The Balaban J connectivity index is 0.00000320. The predicted molar refractivity (Wildman–Crippen MR) is 117 cm³/mol. The third kappa shape index (κ3) is 6.31. The Bertz CT molecular complexity index is 1050. The minimum absolute atomic E-state index is 0. The smallest absolute Gasteiger partial charge is 0.304 e. The SMILES string of the molecule is Cl.NC(CC(=O)O)Cc1cccc(-c2ccc(Oc3ncc(Cl)cc3F)cc2Cl)c1. The van der Waals surface area contributed by atoms with E-state index in [2.05, 4.69) is 4.98 Å². The van der Waals surface area contributed by atoms with E-state index in [1.54, 1.807) is 18.2 Å². The van der Waals surface area contributed by atoms with E-state index >= 15 is 0 Å². The summed E-state index contributed by atoms with van der Waals surface area (Å²) < 4.78 is 19.3. The number of nitrogens with zero attached hydrogens (tertiary/aromatic N) is 1. The van der Waals surface area contributed by atoms with Crippen LogP contribution in [0.5, 0.6) is 11.6 Å². The number of rotatable bonds is 7. The molecular weight excluding hydrogens is 454 g/mol. The minimum Gasteiger partial charge on any atom is -0.481 e. The highest BCUT2D eigenvalue weighted by Crippen LogP contribution is 2.33. The molecule has 0 fully saturated rings. The Labute approximate surface area is 189 Å². The molecule has 0 aliphatic heterocycles. The summed E-state index contributed by atoms with van der Waals surface area (Å²) >= 11 is 12.1. The average Bonchev–Trinajstić information content (AvgIpc) is 2.63. The van der Waals surface area contributed by atoms with Crippen LogP contribution in [0.2, 0.25) is 10.0 Å². The maximum atomic E-state index is 13.9. The highest BCUT2D eigenvalue weighted by molar-refractivity contribution is 6.33. The molecule has 0 bridgehead atoms. The molecule has 3 rings (SSSR count). The molecule has 9 heteroatoms. The zero-order chi connectivity index (χ0) is 21.0. The summed E-state index contributed by atoms with van der Waals surface area (Å²) in [5, 5.41) is 9.43. The van der Waals surface area contributed by atoms with Gasteiger partial charge in [0.25, 0.3) is 5.88 Å². The molecule has 3 N–H and O–H groups in total. The van der Waals surface area contributed by atoms with Crippen molar-refractivity contribution < 1.29 is 19.0 Å². The van der Waals surface area contributed by atoms with Crippen LogP contribution in [-0.2, 0) is 11.2 Å². The topological polar surface area (TPSA) is 85.4 Å². The first-order valence-corrected chi connectivity index (χ1v) is 9.42. The first-order valence-electron chi connectivity index (χ1n) is 8.67. The second-order valence-electron chi connectivity index (χ2n) is 6.45. The summed E-state index contributed by atoms with van der Waals surface area (Å²) in [6.07, 6.45) is 1.61. The number of carboxylic acids is 1. The number of aromatic nitrogens is 1. The summed E-state index contributed by atoms with van der Waals surface area (Å²) in [4.78, 5) is 14.6. The van der Waals surface area contributed by atoms with Crippen molar-refractivity contribution in [2.45, 2.75) is 18.9 Å². The number of aliphatic carboxylic acids is 1. The molecule has 1 heterocycles. The zero-order valence-electron chi connectivity index (χ0n) is 15.5. The van der Waals surface area contributed by atoms with Gasteiger partial charge in [0.1, 0.15) is 5.75 Å². The van der Waals surface area contributed by atoms with Crippen molar-refractivity contribution in [2.75, 3.05) is 0 Å². The van der Waals surface area contributed by atoms with Gasteiger partial charge in [-0.2, -0.15) is 0 Å². The van der Waals surface area contributed by atoms with Crippen LogP contribution in [0.1, 0.15) is 12.0 Å². The first kappa shape index (κ1) is 23.9. The second-order valence-corrected chi connectivity index (χ2v) is 7.29. The zero-order valence-corrected chi connectivity index (χ0v) is 17.8. The monoisotopic (exact) mass is 470 g/mol. The summed E-state index contributed by atoms with van der Waals surface area (Å²) in [7, 11) is 0. The number of pyridine rings is 1. The van der Waals surface area contributed by atoms with Crippen molar-refractivity contribution in [2.24, 2.45) is 5.73 Å². The maximum absolute atomic E-state index is 13.9. The molecule has 0 spiro atoms. The van der Waals surface area contributed by atoms with Crippen molar-refractivity contribution in [1.29, 1.82) is 0 Å². The standard InChI is InChI=1S/C21H17Cl2FN2O3.ClH/c22-14-8-19(24)21(26-11-14)29-16-4-5-17(18(23)10-16)13-3-1-2-12(6-13)7-15(25)9-20(27)28;/h1-6,8,10-11,15H,7,9,25H2,(H,27,28);1H. The number of benzene rings is 2. The van der Waals surface area contributed by atoms with Crippen molar-refractivity contribution in [3.63, 3.8) is 0 Å². The van der Waals surface area contributed by atoms with Gasteiger partial charge in [0.05, 0.1) is 16.5 Å². The lowest BCUT2D eigenvalue weighted by atomic mass is 9.98. The van der Waals surface area contributed by atoms with Gasteiger partial charge in [0.15, 0.2) is 5.82 Å². The predicted octanol–water partition coefficient (Wildman–Crippen LogP) is 5.75. The quantitative estimate of drug-likeness (QED) is 0.458. The van der Waals surface area contributed by atoms with Crippen molar-refractivity contribution >= 4 is 41.6 Å². The van der Waals surface area contributed by atoms with Gasteiger partial charge in [0.2, 0.25) is 0 Å². The van der Waals surface area contributed by atoms with Crippen LogP contribution in [0.4, 0.5) is 4.39 Å². The summed E-state index contributed by atoms with van der Waals surface area (Å²) in [5.41, 5.74) is 8.37. The molecule has 3 aromatic rings. The molecule has 1 aromatic heterocycles. The highest BCUT2D eigenvalue weighted by atomic mass is 35.5. The van der Waals surface area contributed by atoms with E-state index in [9.17, 15) is 9.18 Å².